The molecule has 0 spiro atoms. The molecule has 0 atom stereocenters. The summed E-state index contributed by atoms with van der Waals surface area (Å²) in [4.78, 5) is 4.51. The third-order valence-corrected chi connectivity index (χ3v) is 3.51. The lowest BCUT2D eigenvalue weighted by atomic mass is 10.1. The minimum atomic E-state index is 1.09. The van der Waals surface area contributed by atoms with E-state index in [2.05, 4.69) is 70.9 Å². The second-order valence-corrected chi connectivity index (χ2v) is 5.39. The average Bonchev–Trinajstić information content (AvgIpc) is 2.38. The lowest BCUT2D eigenvalue weighted by molar-refractivity contribution is 0.777. The van der Waals surface area contributed by atoms with Crippen LogP contribution in [0.15, 0.2) is 42.6 Å². The molecule has 0 saturated carbocycles. The Kier molecular flexibility index (Phi) is 4.54. The zero-order valence-corrected chi connectivity index (χ0v) is 12.1. The Balaban J connectivity index is 2.14. The summed E-state index contributed by atoms with van der Waals surface area (Å²) in [5.74, 6) is 0. The molecule has 0 radical (unpaired) electrons. The molecule has 1 aromatic carbocycles. The number of aryl methyl sites for hydroxylation is 1. The summed E-state index contributed by atoms with van der Waals surface area (Å²) in [5.41, 5.74) is 3.63. The number of nitrogens with zero attached hydrogens (tertiary/aromatic N) is 1. The highest BCUT2D eigenvalue weighted by molar-refractivity contribution is 14.1. The summed E-state index contributed by atoms with van der Waals surface area (Å²) in [7, 11) is 0. The van der Waals surface area contributed by atoms with Gasteiger partial charge in [0.2, 0.25) is 0 Å². The normalized spacial score (nSPS) is 10.5. The number of unbranched alkanes of at least 4 members (excludes halogenated alkanes) is 1. The molecule has 17 heavy (non-hydrogen) atoms. The van der Waals surface area contributed by atoms with Gasteiger partial charge >= 0.3 is 0 Å². The van der Waals surface area contributed by atoms with Gasteiger partial charge in [-0.15, -0.1) is 0 Å². The van der Waals surface area contributed by atoms with E-state index >= 15 is 0 Å². The highest BCUT2D eigenvalue weighted by Crippen LogP contribution is 2.20. The molecule has 0 saturated heterocycles. The fraction of sp³-hybridized carbons (Fsp3) is 0.267. The number of hydrogen-bond acceptors (Lipinski definition) is 1. The van der Waals surface area contributed by atoms with E-state index in [1.165, 1.54) is 33.2 Å². The van der Waals surface area contributed by atoms with Crippen LogP contribution in [0, 0.1) is 3.57 Å². The first-order valence-electron chi connectivity index (χ1n) is 6.00. The van der Waals surface area contributed by atoms with Crippen molar-refractivity contribution in [3.05, 3.63) is 51.9 Å². The summed E-state index contributed by atoms with van der Waals surface area (Å²) in [6, 6.07) is 12.8. The highest BCUT2D eigenvalue weighted by Gasteiger charge is 1.99. The van der Waals surface area contributed by atoms with Crippen LogP contribution in [0.1, 0.15) is 25.5 Å². The van der Waals surface area contributed by atoms with Gasteiger partial charge in [0, 0.05) is 21.0 Å². The topological polar surface area (TPSA) is 12.9 Å². The average molecular weight is 337 g/mol. The molecule has 0 N–H and O–H groups in total. The van der Waals surface area contributed by atoms with Crippen LogP contribution in [0.2, 0.25) is 0 Å². The standard InChI is InChI=1S/C15H16IN/c1-2-3-4-15-10-7-13(11-17-15)12-5-8-14(16)9-6-12/h5-11H,2-4H2,1H3. The summed E-state index contributed by atoms with van der Waals surface area (Å²) in [5, 5.41) is 0. The van der Waals surface area contributed by atoms with Gasteiger partial charge in [0.25, 0.3) is 0 Å². The van der Waals surface area contributed by atoms with E-state index in [1.54, 1.807) is 0 Å². The number of pyridine rings is 1. The molecular formula is C15H16IN. The maximum atomic E-state index is 4.51. The third kappa shape index (κ3) is 3.53. The number of rotatable bonds is 4. The van der Waals surface area contributed by atoms with Crippen LogP contribution in [0.5, 0.6) is 0 Å². The molecule has 0 aliphatic rings. The van der Waals surface area contributed by atoms with E-state index in [0.29, 0.717) is 0 Å². The monoisotopic (exact) mass is 337 g/mol. The largest absolute Gasteiger partial charge is 0.261 e. The van der Waals surface area contributed by atoms with Crippen LogP contribution < -0.4 is 0 Å². The Bertz CT molecular complexity index is 459. The Labute approximate surface area is 116 Å². The van der Waals surface area contributed by atoms with Crippen LogP contribution in [-0.2, 0) is 6.42 Å². The summed E-state index contributed by atoms with van der Waals surface area (Å²) >= 11 is 2.32. The van der Waals surface area contributed by atoms with Crippen molar-refractivity contribution in [1.29, 1.82) is 0 Å². The smallest absolute Gasteiger partial charge is 0.0404 e. The lowest BCUT2D eigenvalue weighted by Crippen LogP contribution is -1.90. The van der Waals surface area contributed by atoms with E-state index in [9.17, 15) is 0 Å². The van der Waals surface area contributed by atoms with E-state index in [1.807, 2.05) is 6.20 Å². The summed E-state index contributed by atoms with van der Waals surface area (Å²) < 4.78 is 1.26. The molecule has 0 amide bonds. The molecule has 2 heteroatoms. The molecule has 0 bridgehead atoms. The van der Waals surface area contributed by atoms with Gasteiger partial charge in [0.1, 0.15) is 0 Å². The Morgan fingerprint density at radius 3 is 2.29 bits per heavy atom. The van der Waals surface area contributed by atoms with Gasteiger partial charge < -0.3 is 0 Å². The van der Waals surface area contributed by atoms with Crippen LogP contribution in [0.3, 0.4) is 0 Å². The van der Waals surface area contributed by atoms with Crippen molar-refractivity contribution in [1.82, 2.24) is 4.98 Å². The Morgan fingerprint density at radius 1 is 1.00 bits per heavy atom. The van der Waals surface area contributed by atoms with Crippen LogP contribution in [0.4, 0.5) is 0 Å². The van der Waals surface area contributed by atoms with Gasteiger partial charge in [-0.1, -0.05) is 31.5 Å². The lowest BCUT2D eigenvalue weighted by Gasteiger charge is -2.03. The first-order chi connectivity index (χ1) is 8.29. The van der Waals surface area contributed by atoms with Crippen molar-refractivity contribution in [2.45, 2.75) is 26.2 Å². The molecule has 2 aromatic rings. The molecule has 1 aromatic heterocycles. The van der Waals surface area contributed by atoms with Gasteiger partial charge in [0.05, 0.1) is 0 Å². The molecular weight excluding hydrogens is 321 g/mol. The van der Waals surface area contributed by atoms with Crippen molar-refractivity contribution in [2.24, 2.45) is 0 Å². The predicted molar refractivity (Wildman–Crippen MR) is 81.0 cm³/mol. The first kappa shape index (κ1) is 12.6. The first-order valence-corrected chi connectivity index (χ1v) is 7.08. The van der Waals surface area contributed by atoms with E-state index < -0.39 is 0 Å². The molecule has 0 unspecified atom stereocenters. The fourth-order valence-electron chi connectivity index (χ4n) is 1.74. The summed E-state index contributed by atoms with van der Waals surface area (Å²) in [6.07, 6.45) is 5.51. The predicted octanol–water partition coefficient (Wildman–Crippen LogP) is 4.70. The van der Waals surface area contributed by atoms with Crippen molar-refractivity contribution in [3.8, 4) is 11.1 Å². The van der Waals surface area contributed by atoms with E-state index in [0.717, 1.165) is 6.42 Å². The second kappa shape index (κ2) is 6.15. The minimum Gasteiger partial charge on any atom is -0.261 e. The van der Waals surface area contributed by atoms with Gasteiger partial charge in [-0.3, -0.25) is 4.98 Å². The zero-order valence-electron chi connectivity index (χ0n) is 9.99. The van der Waals surface area contributed by atoms with Crippen molar-refractivity contribution in [2.75, 3.05) is 0 Å². The van der Waals surface area contributed by atoms with Crippen molar-refractivity contribution < 1.29 is 0 Å². The van der Waals surface area contributed by atoms with E-state index in [4.69, 9.17) is 0 Å². The van der Waals surface area contributed by atoms with Crippen LogP contribution >= 0.6 is 22.6 Å². The number of halogens is 1. The van der Waals surface area contributed by atoms with Crippen LogP contribution in [-0.4, -0.2) is 4.98 Å². The molecule has 0 aliphatic carbocycles. The van der Waals surface area contributed by atoms with Gasteiger partial charge in [-0.25, -0.2) is 0 Å². The molecule has 0 aliphatic heterocycles. The van der Waals surface area contributed by atoms with Gasteiger partial charge in [-0.05, 0) is 59.2 Å². The third-order valence-electron chi connectivity index (χ3n) is 2.79. The quantitative estimate of drug-likeness (QED) is 0.737. The van der Waals surface area contributed by atoms with Crippen molar-refractivity contribution in [3.63, 3.8) is 0 Å². The molecule has 88 valence electrons. The maximum absolute atomic E-state index is 4.51. The SMILES string of the molecule is CCCCc1ccc(-c2ccc(I)cc2)cn1. The Hall–Kier alpha value is -0.900. The maximum Gasteiger partial charge on any atom is 0.0404 e. The molecule has 1 heterocycles. The van der Waals surface area contributed by atoms with Crippen molar-refractivity contribution >= 4 is 22.6 Å². The minimum absolute atomic E-state index is 1.09. The van der Waals surface area contributed by atoms with Gasteiger partial charge in [0.15, 0.2) is 0 Å². The number of benzene rings is 1. The van der Waals surface area contributed by atoms with Crippen LogP contribution in [0.25, 0.3) is 11.1 Å². The Morgan fingerprint density at radius 2 is 1.71 bits per heavy atom. The second-order valence-electron chi connectivity index (χ2n) is 4.15. The summed E-state index contributed by atoms with van der Waals surface area (Å²) in [6.45, 7) is 2.21. The fourth-order valence-corrected chi connectivity index (χ4v) is 2.10. The number of hydrogen-bond donors (Lipinski definition) is 0. The zero-order chi connectivity index (χ0) is 12.1. The molecule has 2 rings (SSSR count). The number of aromatic nitrogens is 1. The molecule has 1 nitrogen and oxygen atoms in total. The van der Waals surface area contributed by atoms with E-state index in [-0.39, 0.29) is 0 Å². The van der Waals surface area contributed by atoms with Gasteiger partial charge in [-0.2, -0.15) is 0 Å². The molecule has 0 fully saturated rings. The highest BCUT2D eigenvalue weighted by atomic mass is 127.